The Labute approximate surface area is 379 Å². The van der Waals surface area contributed by atoms with Gasteiger partial charge in [0.15, 0.2) is 5.75 Å². The Balaban J connectivity index is 0.785. The molecular weight excluding hydrogens is 859 g/mol. The third kappa shape index (κ3) is 11.0. The minimum absolute atomic E-state index is 0.00731. The number of nitrogens with zero attached hydrogens (tertiary/aromatic N) is 1. The number of alkyl carbamates (subject to hydrolysis) is 1. The van der Waals surface area contributed by atoms with Crippen molar-refractivity contribution < 1.29 is 38.7 Å². The molecule has 0 spiro atoms. The molecule has 332 valence electrons. The SMILES string of the molecule is O=C(N[C@@H](c1ccccc1)c1cccc(OCc2ccc(C(=O)OCCOc3c(Cl)cc(CNCC(O)c4ccc(O)c5[nH]c(=O)ccc45)cc3Cl)cc2)c1)OC1CN2CCC1CC2. The monoisotopic (exact) mass is 906 g/mol. The number of ether oxygens (including phenoxy) is 4. The zero-order chi connectivity index (χ0) is 44.6. The van der Waals surface area contributed by atoms with Crippen LogP contribution in [-0.4, -0.2) is 77.7 Å². The van der Waals surface area contributed by atoms with Crippen molar-refractivity contribution in [3.63, 3.8) is 0 Å². The molecule has 3 fully saturated rings. The van der Waals surface area contributed by atoms with Crippen LogP contribution in [0, 0.1) is 5.92 Å². The number of amides is 1. The number of aromatic hydroxyl groups is 1. The second-order valence-electron chi connectivity index (χ2n) is 15.9. The van der Waals surface area contributed by atoms with Crippen LogP contribution in [0.4, 0.5) is 4.79 Å². The van der Waals surface area contributed by atoms with E-state index in [1.807, 2.05) is 54.6 Å². The highest BCUT2D eigenvalue weighted by molar-refractivity contribution is 6.37. The molecule has 2 unspecified atom stereocenters. The van der Waals surface area contributed by atoms with Crippen LogP contribution < -0.4 is 25.7 Å². The maximum absolute atomic E-state index is 13.2. The lowest BCUT2D eigenvalue weighted by Crippen LogP contribution is -2.52. The van der Waals surface area contributed by atoms with E-state index < -0.39 is 24.2 Å². The number of carbonyl (C=O) groups is 2. The Bertz CT molecular complexity index is 2620. The third-order valence-corrected chi connectivity index (χ3v) is 12.2. The van der Waals surface area contributed by atoms with Gasteiger partial charge in [-0.25, -0.2) is 9.59 Å². The molecule has 13 nitrogen and oxygen atoms in total. The predicted octanol–water partition coefficient (Wildman–Crippen LogP) is 8.09. The van der Waals surface area contributed by atoms with Crippen LogP contribution >= 0.6 is 23.2 Å². The molecular formula is C49H48Cl2N4O9. The molecule has 6 aromatic rings. The largest absolute Gasteiger partial charge is 0.506 e. The molecule has 1 amide bonds. The zero-order valence-electron chi connectivity index (χ0n) is 34.8. The highest BCUT2D eigenvalue weighted by Gasteiger charge is 2.37. The van der Waals surface area contributed by atoms with Crippen LogP contribution in [-0.2, 0) is 22.6 Å². The highest BCUT2D eigenvalue weighted by atomic mass is 35.5. The number of carbonyl (C=O) groups excluding carboxylic acids is 2. The van der Waals surface area contributed by atoms with Gasteiger partial charge in [-0.3, -0.25) is 9.69 Å². The summed E-state index contributed by atoms with van der Waals surface area (Å²) >= 11 is 13.0. The number of halogens is 2. The van der Waals surface area contributed by atoms with Gasteiger partial charge < -0.3 is 44.8 Å². The molecule has 1 aromatic heterocycles. The van der Waals surface area contributed by atoms with Crippen LogP contribution in [0.3, 0.4) is 0 Å². The van der Waals surface area contributed by atoms with Gasteiger partial charge in [0.2, 0.25) is 5.56 Å². The van der Waals surface area contributed by atoms with Crippen molar-refractivity contribution in [1.82, 2.24) is 20.5 Å². The Morgan fingerprint density at radius 1 is 0.828 bits per heavy atom. The van der Waals surface area contributed by atoms with Crippen molar-refractivity contribution in [2.45, 2.75) is 44.2 Å². The highest BCUT2D eigenvalue weighted by Crippen LogP contribution is 2.35. The fourth-order valence-electron chi connectivity index (χ4n) is 8.25. The molecule has 3 aliphatic rings. The van der Waals surface area contributed by atoms with E-state index in [0.29, 0.717) is 34.7 Å². The summed E-state index contributed by atoms with van der Waals surface area (Å²) in [7, 11) is 0. The lowest BCUT2D eigenvalue weighted by atomic mass is 9.86. The van der Waals surface area contributed by atoms with E-state index in [1.54, 1.807) is 48.5 Å². The quantitative estimate of drug-likeness (QED) is 0.0443. The molecule has 0 radical (unpaired) electrons. The van der Waals surface area contributed by atoms with Gasteiger partial charge in [0.25, 0.3) is 0 Å². The fourth-order valence-corrected chi connectivity index (χ4v) is 8.89. The number of aromatic nitrogens is 1. The van der Waals surface area contributed by atoms with Crippen LogP contribution in [0.25, 0.3) is 10.9 Å². The van der Waals surface area contributed by atoms with E-state index in [1.165, 1.54) is 12.1 Å². The van der Waals surface area contributed by atoms with Crippen LogP contribution in [0.1, 0.15) is 63.2 Å². The van der Waals surface area contributed by atoms with Gasteiger partial charge in [0.05, 0.1) is 33.3 Å². The van der Waals surface area contributed by atoms with Crippen LogP contribution in [0.15, 0.2) is 120 Å². The van der Waals surface area contributed by atoms with Crippen molar-refractivity contribution in [3.05, 3.63) is 169 Å². The van der Waals surface area contributed by atoms with Gasteiger partial charge in [0, 0.05) is 31.1 Å². The van der Waals surface area contributed by atoms with E-state index in [9.17, 15) is 24.6 Å². The van der Waals surface area contributed by atoms with E-state index in [2.05, 4.69) is 20.5 Å². The molecule has 15 heteroatoms. The summed E-state index contributed by atoms with van der Waals surface area (Å²) in [6, 6.07) is 33.2. The van der Waals surface area contributed by atoms with Gasteiger partial charge in [-0.05, 0) is 108 Å². The minimum atomic E-state index is -0.936. The topological polar surface area (TPSA) is 172 Å². The van der Waals surface area contributed by atoms with Crippen molar-refractivity contribution in [2.75, 3.05) is 39.4 Å². The number of piperidine rings is 3. The lowest BCUT2D eigenvalue weighted by molar-refractivity contribution is -0.0336. The summed E-state index contributed by atoms with van der Waals surface area (Å²) in [5.41, 5.74) is 4.15. The summed E-state index contributed by atoms with van der Waals surface area (Å²) in [6.45, 7) is 3.61. The smallest absolute Gasteiger partial charge is 0.408 e. The number of aromatic amines is 1. The van der Waals surface area contributed by atoms with Crippen molar-refractivity contribution in [2.24, 2.45) is 5.92 Å². The van der Waals surface area contributed by atoms with E-state index in [4.69, 9.17) is 42.1 Å². The summed E-state index contributed by atoms with van der Waals surface area (Å²) in [4.78, 5) is 42.8. The average Bonchev–Trinajstić information content (AvgIpc) is 3.30. The minimum Gasteiger partial charge on any atom is -0.506 e. The van der Waals surface area contributed by atoms with Gasteiger partial charge in [0.1, 0.15) is 37.4 Å². The number of fused-ring (bicyclic) bond motifs is 4. The number of nitrogens with one attached hydrogen (secondary N) is 3. The number of benzene rings is 5. The first kappa shape index (κ1) is 44.5. The second-order valence-corrected chi connectivity index (χ2v) is 16.7. The van der Waals surface area contributed by atoms with Crippen LogP contribution in [0.2, 0.25) is 10.0 Å². The zero-order valence-corrected chi connectivity index (χ0v) is 36.3. The first-order valence-electron chi connectivity index (χ1n) is 21.2. The third-order valence-electron chi connectivity index (χ3n) is 11.6. The molecule has 64 heavy (non-hydrogen) atoms. The first-order valence-corrected chi connectivity index (χ1v) is 21.9. The number of hydrogen-bond donors (Lipinski definition) is 5. The van der Waals surface area contributed by atoms with Crippen molar-refractivity contribution in [3.8, 4) is 17.2 Å². The lowest BCUT2D eigenvalue weighted by Gasteiger charge is -2.43. The number of H-pyrrole nitrogens is 1. The van der Waals surface area contributed by atoms with Crippen molar-refractivity contribution >= 4 is 46.2 Å². The van der Waals surface area contributed by atoms with Gasteiger partial charge in [-0.1, -0.05) is 83.9 Å². The van der Waals surface area contributed by atoms with Gasteiger partial charge in [-0.2, -0.15) is 0 Å². The average molecular weight is 908 g/mol. The van der Waals surface area contributed by atoms with Crippen LogP contribution in [0.5, 0.6) is 17.2 Å². The van der Waals surface area contributed by atoms with Gasteiger partial charge in [-0.15, -0.1) is 0 Å². The van der Waals surface area contributed by atoms with E-state index in [-0.39, 0.29) is 65.1 Å². The molecule has 9 rings (SSSR count). The second kappa shape index (κ2) is 20.6. The number of aliphatic hydroxyl groups is 1. The fraction of sp³-hybridized carbons (Fsp3) is 0.286. The summed E-state index contributed by atoms with van der Waals surface area (Å²) in [5.74, 6) is 0.667. The number of pyridine rings is 1. The first-order chi connectivity index (χ1) is 31.1. The summed E-state index contributed by atoms with van der Waals surface area (Å²) < 4.78 is 23.3. The van der Waals surface area contributed by atoms with E-state index in [0.717, 1.165) is 54.7 Å². The molecule has 3 atom stereocenters. The molecule has 3 aliphatic heterocycles. The molecule has 0 aliphatic carbocycles. The number of phenolic OH excluding ortho intramolecular Hbond substituents is 1. The molecule has 0 saturated carbocycles. The standard InChI is InChI=1S/C49H48Cl2N4O9/c50-39-23-31(26-52-27-42(57)37-13-15-41(56)46-38(37)14-16-44(58)53-46)24-40(51)47(39)61-21-22-62-48(59)34-11-9-30(10-12-34)29-63-36-8-4-7-35(25-36)45(33-5-2-1-3-6-33)54-49(60)64-43-28-55-19-17-32(43)18-20-55/h1-16,23-25,32,42-43,45,52,56-57H,17-22,26-29H2,(H,53,58)(H,54,60)/t42?,43?,45-/m0/s1. The maximum atomic E-state index is 13.2. The van der Waals surface area contributed by atoms with Crippen molar-refractivity contribution in [1.29, 1.82) is 0 Å². The predicted molar refractivity (Wildman–Crippen MR) is 243 cm³/mol. The number of aliphatic hydroxyl groups excluding tert-OH is 1. The van der Waals surface area contributed by atoms with Gasteiger partial charge >= 0.3 is 12.1 Å². The Hall–Kier alpha value is -6.09. The number of rotatable bonds is 17. The number of esters is 1. The summed E-state index contributed by atoms with van der Waals surface area (Å²) in [6.07, 6.45) is 0.635. The molecule has 2 bridgehead atoms. The molecule has 3 saturated heterocycles. The number of hydrogen-bond acceptors (Lipinski definition) is 11. The Morgan fingerprint density at radius 2 is 1.58 bits per heavy atom. The molecule has 5 aromatic carbocycles. The Kier molecular flexibility index (Phi) is 14.3. The molecule has 5 N–H and O–H groups in total. The molecule has 4 heterocycles. The summed E-state index contributed by atoms with van der Waals surface area (Å²) in [5, 5.41) is 28.3. The number of phenols is 1. The maximum Gasteiger partial charge on any atom is 0.408 e. The normalized spacial score (nSPS) is 17.6. The van der Waals surface area contributed by atoms with E-state index >= 15 is 0 Å². The Morgan fingerprint density at radius 3 is 2.31 bits per heavy atom.